The molecule has 0 saturated heterocycles. The predicted molar refractivity (Wildman–Crippen MR) is 61.1 cm³/mol. The summed E-state index contributed by atoms with van der Waals surface area (Å²) in [5.41, 5.74) is 1.98. The molecule has 5 heteroatoms. The van der Waals surface area contributed by atoms with E-state index in [9.17, 15) is 4.79 Å². The number of carbonyl (C=O) groups is 1. The van der Waals surface area contributed by atoms with Crippen molar-refractivity contribution in [3.05, 3.63) is 41.1 Å². The number of hydrogen-bond donors (Lipinski definition) is 1. The molecule has 2 aromatic heterocycles. The fraction of sp³-hybridized carbons (Fsp3) is 0.333. The minimum Gasteiger partial charge on any atom is -0.475 e. The summed E-state index contributed by atoms with van der Waals surface area (Å²) < 4.78 is 7.10. The fourth-order valence-corrected chi connectivity index (χ4v) is 1.78. The molecule has 0 radical (unpaired) electrons. The van der Waals surface area contributed by atoms with Gasteiger partial charge in [-0.3, -0.25) is 4.68 Å². The molecule has 0 aromatic carbocycles. The molecule has 0 aliphatic rings. The number of aromatic nitrogens is 2. The topological polar surface area (TPSA) is 68.3 Å². The molecular weight excluding hydrogens is 220 g/mol. The van der Waals surface area contributed by atoms with E-state index in [1.807, 2.05) is 24.6 Å². The average molecular weight is 234 g/mol. The third-order valence-corrected chi connectivity index (χ3v) is 2.51. The molecule has 5 nitrogen and oxygen atoms in total. The second-order valence-electron chi connectivity index (χ2n) is 3.84. The molecule has 0 bridgehead atoms. The van der Waals surface area contributed by atoms with Crippen LogP contribution in [0.25, 0.3) is 0 Å². The molecule has 0 spiro atoms. The Morgan fingerprint density at radius 1 is 1.53 bits per heavy atom. The molecule has 17 heavy (non-hydrogen) atoms. The lowest BCUT2D eigenvalue weighted by Crippen LogP contribution is -2.02. The van der Waals surface area contributed by atoms with Crippen molar-refractivity contribution in [3.8, 4) is 0 Å². The van der Waals surface area contributed by atoms with Crippen molar-refractivity contribution < 1.29 is 14.3 Å². The van der Waals surface area contributed by atoms with Gasteiger partial charge >= 0.3 is 5.97 Å². The molecule has 0 aliphatic carbocycles. The summed E-state index contributed by atoms with van der Waals surface area (Å²) in [7, 11) is 0. The summed E-state index contributed by atoms with van der Waals surface area (Å²) in [5.74, 6) is -0.437. The minimum atomic E-state index is -1.04. The Morgan fingerprint density at radius 2 is 2.29 bits per heavy atom. The van der Waals surface area contributed by atoms with E-state index in [2.05, 4.69) is 5.10 Å². The molecule has 2 aromatic rings. The molecule has 0 atom stereocenters. The summed E-state index contributed by atoms with van der Waals surface area (Å²) in [6.07, 6.45) is 0.558. The molecule has 2 heterocycles. The Balaban J connectivity index is 2.21. The van der Waals surface area contributed by atoms with Crippen LogP contribution in [0.1, 0.15) is 34.6 Å². The van der Waals surface area contributed by atoms with Crippen LogP contribution >= 0.6 is 0 Å². The van der Waals surface area contributed by atoms with E-state index in [0.29, 0.717) is 12.2 Å². The zero-order valence-electron chi connectivity index (χ0n) is 9.80. The van der Waals surface area contributed by atoms with Gasteiger partial charge in [0, 0.05) is 18.7 Å². The highest BCUT2D eigenvalue weighted by atomic mass is 16.4. The Morgan fingerprint density at radius 3 is 2.88 bits per heavy atom. The van der Waals surface area contributed by atoms with Crippen LogP contribution in [0.2, 0.25) is 0 Å². The molecular formula is C12H14N2O3. The van der Waals surface area contributed by atoms with Gasteiger partial charge in [-0.15, -0.1) is 0 Å². The highest BCUT2D eigenvalue weighted by Crippen LogP contribution is 2.14. The third-order valence-electron chi connectivity index (χ3n) is 2.51. The van der Waals surface area contributed by atoms with Crippen LogP contribution in [-0.2, 0) is 13.0 Å². The van der Waals surface area contributed by atoms with Gasteiger partial charge in [-0.05, 0) is 32.0 Å². The summed E-state index contributed by atoms with van der Waals surface area (Å²) in [6.45, 7) is 4.73. The van der Waals surface area contributed by atoms with E-state index in [1.54, 1.807) is 6.07 Å². The molecule has 2 rings (SSSR count). The molecule has 0 saturated carbocycles. The Hall–Kier alpha value is -2.04. The zero-order chi connectivity index (χ0) is 12.4. The minimum absolute atomic E-state index is 0.0284. The van der Waals surface area contributed by atoms with Crippen molar-refractivity contribution >= 4 is 5.97 Å². The van der Waals surface area contributed by atoms with Gasteiger partial charge in [0.25, 0.3) is 0 Å². The van der Waals surface area contributed by atoms with E-state index < -0.39 is 5.97 Å². The largest absolute Gasteiger partial charge is 0.475 e. The lowest BCUT2D eigenvalue weighted by atomic mass is 10.2. The maximum atomic E-state index is 10.7. The third kappa shape index (κ3) is 2.38. The van der Waals surface area contributed by atoms with E-state index in [0.717, 1.165) is 17.9 Å². The van der Waals surface area contributed by atoms with Crippen LogP contribution in [0, 0.1) is 6.92 Å². The van der Waals surface area contributed by atoms with E-state index in [1.165, 1.54) is 6.07 Å². The summed E-state index contributed by atoms with van der Waals surface area (Å²) in [4.78, 5) is 10.7. The standard InChI is InChI=1S/C12H14N2O3/c1-3-14-9(6-8(2)13-14)7-10-4-5-11(17-10)12(15)16/h4-6H,3,7H2,1-2H3,(H,15,16). The molecule has 0 unspecified atom stereocenters. The van der Waals surface area contributed by atoms with Crippen molar-refractivity contribution in [2.45, 2.75) is 26.8 Å². The van der Waals surface area contributed by atoms with Crippen molar-refractivity contribution in [1.82, 2.24) is 9.78 Å². The smallest absolute Gasteiger partial charge is 0.371 e. The SMILES string of the molecule is CCn1nc(C)cc1Cc1ccc(C(=O)O)o1. The second kappa shape index (κ2) is 4.45. The number of carboxylic acid groups (broad SMARTS) is 1. The number of rotatable bonds is 4. The van der Waals surface area contributed by atoms with Gasteiger partial charge in [0.15, 0.2) is 0 Å². The normalized spacial score (nSPS) is 10.7. The molecule has 0 amide bonds. The molecule has 0 aliphatic heterocycles. The number of nitrogens with zero attached hydrogens (tertiary/aromatic N) is 2. The first-order valence-corrected chi connectivity index (χ1v) is 5.45. The molecule has 1 N–H and O–H groups in total. The highest BCUT2D eigenvalue weighted by molar-refractivity contribution is 5.84. The lowest BCUT2D eigenvalue weighted by molar-refractivity contribution is 0.0660. The van der Waals surface area contributed by atoms with Crippen molar-refractivity contribution in [1.29, 1.82) is 0 Å². The summed E-state index contributed by atoms with van der Waals surface area (Å²) in [6, 6.07) is 5.13. The molecule has 90 valence electrons. The summed E-state index contributed by atoms with van der Waals surface area (Å²) in [5, 5.41) is 13.1. The zero-order valence-corrected chi connectivity index (χ0v) is 9.80. The number of furan rings is 1. The van der Waals surface area contributed by atoms with Crippen LogP contribution in [-0.4, -0.2) is 20.9 Å². The van der Waals surface area contributed by atoms with Crippen LogP contribution < -0.4 is 0 Å². The number of aryl methyl sites for hydroxylation is 2. The van der Waals surface area contributed by atoms with Gasteiger partial charge in [0.05, 0.1) is 5.69 Å². The first kappa shape index (κ1) is 11.4. The van der Waals surface area contributed by atoms with Gasteiger partial charge < -0.3 is 9.52 Å². The van der Waals surface area contributed by atoms with Crippen molar-refractivity contribution in [3.63, 3.8) is 0 Å². The number of hydrogen-bond acceptors (Lipinski definition) is 3. The molecule has 0 fully saturated rings. The number of carboxylic acids is 1. The van der Waals surface area contributed by atoms with Gasteiger partial charge in [-0.2, -0.15) is 5.10 Å². The number of aromatic carboxylic acids is 1. The first-order valence-electron chi connectivity index (χ1n) is 5.45. The highest BCUT2D eigenvalue weighted by Gasteiger charge is 2.11. The monoisotopic (exact) mass is 234 g/mol. The Bertz CT molecular complexity index is 540. The van der Waals surface area contributed by atoms with Crippen molar-refractivity contribution in [2.75, 3.05) is 0 Å². The predicted octanol–water partition coefficient (Wildman–Crippen LogP) is 2.09. The van der Waals surface area contributed by atoms with Gasteiger partial charge in [0.2, 0.25) is 5.76 Å². The maximum absolute atomic E-state index is 10.7. The second-order valence-corrected chi connectivity index (χ2v) is 3.84. The van der Waals surface area contributed by atoms with Crippen LogP contribution in [0.4, 0.5) is 0 Å². The fourth-order valence-electron chi connectivity index (χ4n) is 1.78. The quantitative estimate of drug-likeness (QED) is 0.879. The van der Waals surface area contributed by atoms with Crippen molar-refractivity contribution in [2.24, 2.45) is 0 Å². The Kier molecular flexibility index (Phi) is 2.99. The Labute approximate surface area is 98.7 Å². The van der Waals surface area contributed by atoms with Crippen LogP contribution in [0.15, 0.2) is 22.6 Å². The van der Waals surface area contributed by atoms with Crippen LogP contribution in [0.3, 0.4) is 0 Å². The van der Waals surface area contributed by atoms with Crippen LogP contribution in [0.5, 0.6) is 0 Å². The van der Waals surface area contributed by atoms with E-state index in [-0.39, 0.29) is 5.76 Å². The van der Waals surface area contributed by atoms with E-state index in [4.69, 9.17) is 9.52 Å². The summed E-state index contributed by atoms with van der Waals surface area (Å²) >= 11 is 0. The van der Waals surface area contributed by atoms with E-state index >= 15 is 0 Å². The average Bonchev–Trinajstić information content (AvgIpc) is 2.86. The maximum Gasteiger partial charge on any atom is 0.371 e. The van der Waals surface area contributed by atoms with Gasteiger partial charge in [-0.1, -0.05) is 0 Å². The van der Waals surface area contributed by atoms with Gasteiger partial charge in [0.1, 0.15) is 5.76 Å². The first-order chi connectivity index (χ1) is 8.10. The van der Waals surface area contributed by atoms with Gasteiger partial charge in [-0.25, -0.2) is 4.79 Å². The lowest BCUT2D eigenvalue weighted by Gasteiger charge is -2.01.